The number of rotatable bonds is 18. The number of hydrogen-bond donors (Lipinski definition) is 0. The number of carbonyl (C=O) groups is 2. The van der Waals surface area contributed by atoms with Crippen molar-refractivity contribution in [1.29, 1.82) is 0 Å². The Balaban J connectivity index is 4.60. The van der Waals surface area contributed by atoms with Crippen molar-refractivity contribution in [2.75, 3.05) is 19.8 Å². The van der Waals surface area contributed by atoms with Gasteiger partial charge >= 0.3 is 19.8 Å². The Morgan fingerprint density at radius 1 is 0.828 bits per heavy atom. The second-order valence-electron chi connectivity index (χ2n) is 6.54. The maximum atomic E-state index is 12.9. The summed E-state index contributed by atoms with van der Waals surface area (Å²) < 4.78 is 38.8. The van der Waals surface area contributed by atoms with Gasteiger partial charge in [-0.05, 0) is 20.3 Å². The number of phosphoric acid groups is 1. The first kappa shape index (κ1) is 27.5. The molecule has 2 atom stereocenters. The first-order valence-corrected chi connectivity index (χ1v) is 11.4. The molecule has 29 heavy (non-hydrogen) atoms. The lowest BCUT2D eigenvalue weighted by Crippen LogP contribution is -2.21. The highest BCUT2D eigenvalue weighted by Crippen LogP contribution is 2.50. The number of hydrogen-bond acceptors (Lipinski definition) is 8. The van der Waals surface area contributed by atoms with Crippen molar-refractivity contribution in [3.63, 3.8) is 0 Å². The van der Waals surface area contributed by atoms with Gasteiger partial charge in [-0.2, -0.15) is 0 Å². The smallest absolute Gasteiger partial charge is 0.457 e. The molecule has 0 rings (SSSR count). The van der Waals surface area contributed by atoms with Gasteiger partial charge in [0.15, 0.2) is 0 Å². The summed E-state index contributed by atoms with van der Waals surface area (Å²) in [5.74, 6) is -1.23. The fourth-order valence-corrected chi connectivity index (χ4v) is 3.49. The van der Waals surface area contributed by atoms with Gasteiger partial charge in [-0.15, -0.1) is 0 Å². The normalized spacial score (nSPS) is 15.0. The molecule has 0 N–H and O–H groups in total. The van der Waals surface area contributed by atoms with Crippen LogP contribution in [0.15, 0.2) is 25.3 Å². The van der Waals surface area contributed by atoms with Gasteiger partial charge < -0.3 is 9.47 Å². The number of ether oxygens (including phenoxy) is 2. The van der Waals surface area contributed by atoms with Gasteiger partial charge in [-0.3, -0.25) is 13.6 Å². The van der Waals surface area contributed by atoms with Crippen LogP contribution in [-0.4, -0.2) is 44.0 Å². The van der Waals surface area contributed by atoms with E-state index in [1.165, 1.54) is 6.42 Å². The highest BCUT2D eigenvalue weighted by Gasteiger charge is 2.29. The summed E-state index contributed by atoms with van der Waals surface area (Å²) in [4.78, 5) is 22.5. The molecule has 0 bridgehead atoms. The summed E-state index contributed by atoms with van der Waals surface area (Å²) in [5, 5.41) is 0. The molecule has 0 spiro atoms. The maximum absolute atomic E-state index is 12.9. The zero-order valence-electron chi connectivity index (χ0n) is 17.8. The van der Waals surface area contributed by atoms with Gasteiger partial charge in [-0.1, -0.05) is 52.2 Å². The lowest BCUT2D eigenvalue weighted by Gasteiger charge is -2.21. The van der Waals surface area contributed by atoms with Crippen molar-refractivity contribution in [1.82, 2.24) is 0 Å². The van der Waals surface area contributed by atoms with E-state index in [9.17, 15) is 14.2 Å². The first-order chi connectivity index (χ1) is 13.8. The van der Waals surface area contributed by atoms with E-state index in [2.05, 4.69) is 20.1 Å². The zero-order chi connectivity index (χ0) is 22.1. The molecule has 0 saturated carbocycles. The predicted octanol–water partition coefficient (Wildman–Crippen LogP) is 4.74. The number of carbonyl (C=O) groups excluding carboxylic acids is 2. The molecule has 0 aromatic carbocycles. The maximum Gasteiger partial charge on any atom is 0.475 e. The predicted molar refractivity (Wildman–Crippen MR) is 110 cm³/mol. The molecule has 0 radical (unpaired) electrons. The molecule has 0 aromatic heterocycles. The topological polar surface area (TPSA) is 97.4 Å². The van der Waals surface area contributed by atoms with E-state index in [0.717, 1.165) is 37.8 Å². The summed E-state index contributed by atoms with van der Waals surface area (Å²) in [6, 6.07) is 0. The van der Waals surface area contributed by atoms with Crippen LogP contribution in [0.25, 0.3) is 0 Å². The van der Waals surface area contributed by atoms with E-state index in [1.807, 2.05) is 0 Å². The fourth-order valence-electron chi connectivity index (χ4n) is 2.12. The van der Waals surface area contributed by atoms with Gasteiger partial charge in [0.2, 0.25) is 0 Å². The van der Waals surface area contributed by atoms with Crippen LogP contribution in [0.3, 0.4) is 0 Å². The molecule has 8 nitrogen and oxygen atoms in total. The summed E-state index contributed by atoms with van der Waals surface area (Å²) >= 11 is 0. The van der Waals surface area contributed by atoms with Gasteiger partial charge in [-0.25, -0.2) is 14.2 Å². The molecule has 0 aliphatic carbocycles. The Morgan fingerprint density at radius 3 is 1.72 bits per heavy atom. The minimum absolute atomic E-state index is 0.186. The van der Waals surface area contributed by atoms with Crippen LogP contribution in [0, 0.1) is 0 Å². The highest BCUT2D eigenvalue weighted by atomic mass is 31.2. The largest absolute Gasteiger partial charge is 0.475 e. The second kappa shape index (κ2) is 16.3. The lowest BCUT2D eigenvalue weighted by atomic mass is 10.1. The van der Waals surface area contributed by atoms with E-state index in [1.54, 1.807) is 13.8 Å². The van der Waals surface area contributed by atoms with Crippen LogP contribution in [-0.2, 0) is 37.2 Å². The third-order valence-corrected chi connectivity index (χ3v) is 5.08. The Bertz CT molecular complexity index is 513. The molecule has 0 saturated heterocycles. The average molecular weight is 434 g/mol. The summed E-state index contributed by atoms with van der Waals surface area (Å²) in [7, 11) is -3.93. The molecular weight excluding hydrogens is 399 g/mol. The highest BCUT2D eigenvalue weighted by molar-refractivity contribution is 7.48. The van der Waals surface area contributed by atoms with Crippen LogP contribution in [0.1, 0.15) is 59.3 Å². The molecule has 9 heteroatoms. The summed E-state index contributed by atoms with van der Waals surface area (Å²) in [5.41, 5.74) is 0. The van der Waals surface area contributed by atoms with E-state index in [4.69, 9.17) is 23.0 Å². The molecule has 0 amide bonds. The van der Waals surface area contributed by atoms with Crippen LogP contribution in [0.5, 0.6) is 0 Å². The van der Waals surface area contributed by atoms with Crippen LogP contribution in [0.4, 0.5) is 0 Å². The van der Waals surface area contributed by atoms with Crippen LogP contribution < -0.4 is 0 Å². The Morgan fingerprint density at radius 2 is 1.28 bits per heavy atom. The molecule has 168 valence electrons. The summed E-state index contributed by atoms with van der Waals surface area (Å²) in [6.07, 6.45) is 6.94. The van der Waals surface area contributed by atoms with Crippen LogP contribution >= 0.6 is 7.82 Å². The van der Waals surface area contributed by atoms with Crippen molar-refractivity contribution in [3.8, 4) is 0 Å². The molecule has 0 heterocycles. The second-order valence-corrected chi connectivity index (χ2v) is 8.21. The van der Waals surface area contributed by atoms with Gasteiger partial charge in [0.05, 0.1) is 19.8 Å². The monoisotopic (exact) mass is 434 g/mol. The van der Waals surface area contributed by atoms with E-state index in [0.29, 0.717) is 6.42 Å². The number of unbranched alkanes of at least 4 members (excludes halogenated alkanes) is 5. The lowest BCUT2D eigenvalue weighted by molar-refractivity contribution is -0.143. The minimum Gasteiger partial charge on any atom is -0.457 e. The van der Waals surface area contributed by atoms with Gasteiger partial charge in [0.1, 0.15) is 12.2 Å². The molecule has 0 aliphatic rings. The van der Waals surface area contributed by atoms with Crippen molar-refractivity contribution >= 4 is 19.8 Å². The Kier molecular flexibility index (Phi) is 15.5. The van der Waals surface area contributed by atoms with Crippen molar-refractivity contribution in [2.45, 2.75) is 71.5 Å². The van der Waals surface area contributed by atoms with Gasteiger partial charge in [0.25, 0.3) is 0 Å². The molecule has 2 unspecified atom stereocenters. The third kappa shape index (κ3) is 15.1. The summed E-state index contributed by atoms with van der Waals surface area (Å²) in [6.45, 7) is 11.8. The van der Waals surface area contributed by atoms with Crippen LogP contribution in [0.2, 0.25) is 0 Å². The molecule has 0 aliphatic heterocycles. The number of phosphoric ester groups is 1. The van der Waals surface area contributed by atoms with E-state index >= 15 is 0 Å². The van der Waals surface area contributed by atoms with Crippen molar-refractivity contribution < 1.29 is 37.2 Å². The first-order valence-electron chi connectivity index (χ1n) is 9.96. The Labute approximate surface area is 174 Å². The SMILES string of the molecule is C=CC(=O)OC(C)COP(=O)(OCCCCCCCC)OCC(C)OC(=O)C=C. The zero-order valence-corrected chi connectivity index (χ0v) is 18.7. The average Bonchev–Trinajstić information content (AvgIpc) is 2.70. The number of esters is 2. The molecule has 0 fully saturated rings. The fraction of sp³-hybridized carbons (Fsp3) is 0.700. The third-order valence-electron chi connectivity index (χ3n) is 3.65. The molecular formula is C20H35O8P. The quantitative estimate of drug-likeness (QED) is 0.132. The van der Waals surface area contributed by atoms with Gasteiger partial charge in [0, 0.05) is 12.2 Å². The minimum atomic E-state index is -3.93. The molecule has 0 aromatic rings. The standard InChI is InChI=1S/C20H35O8P/c1-6-9-10-11-12-13-14-24-29(23,25-15-17(4)27-19(21)7-2)26-16-18(5)28-20(22)8-3/h7-8,17-18H,2-3,6,9-16H2,1,4-5H3. The van der Waals surface area contributed by atoms with E-state index < -0.39 is 32.0 Å². The van der Waals surface area contributed by atoms with Crippen molar-refractivity contribution in [3.05, 3.63) is 25.3 Å². The van der Waals surface area contributed by atoms with E-state index in [-0.39, 0.29) is 19.8 Å². The Hall–Kier alpha value is -1.47. The van der Waals surface area contributed by atoms with Crippen molar-refractivity contribution in [2.24, 2.45) is 0 Å².